The molecule has 174 valence electrons. The van der Waals surface area contributed by atoms with Crippen LogP contribution in [0.25, 0.3) is 11.3 Å². The van der Waals surface area contributed by atoms with Gasteiger partial charge in [0.05, 0.1) is 24.1 Å². The SMILES string of the molecule is CCCCCCCCc1ccc(C(=O)Oc2ccc(-c3ccc(OCCC)cc3)nc2)cc1. The summed E-state index contributed by atoms with van der Waals surface area (Å²) in [4.78, 5) is 16.9. The quantitative estimate of drug-likeness (QED) is 0.200. The van der Waals surface area contributed by atoms with Gasteiger partial charge < -0.3 is 9.47 Å². The van der Waals surface area contributed by atoms with Crippen LogP contribution in [-0.2, 0) is 6.42 Å². The molecule has 0 unspecified atom stereocenters. The second-order valence-corrected chi connectivity index (χ2v) is 8.36. The third-order valence-electron chi connectivity index (χ3n) is 5.58. The predicted octanol–water partition coefficient (Wildman–Crippen LogP) is 7.66. The number of nitrogens with zero attached hydrogens (tertiary/aromatic N) is 1. The van der Waals surface area contributed by atoms with E-state index >= 15 is 0 Å². The molecule has 0 fully saturated rings. The van der Waals surface area contributed by atoms with Crippen molar-refractivity contribution in [2.75, 3.05) is 6.61 Å². The number of benzene rings is 2. The van der Waals surface area contributed by atoms with Crippen molar-refractivity contribution in [3.63, 3.8) is 0 Å². The van der Waals surface area contributed by atoms with E-state index in [0.29, 0.717) is 17.9 Å². The number of unbranched alkanes of at least 4 members (excludes halogenated alkanes) is 5. The van der Waals surface area contributed by atoms with Crippen LogP contribution in [-0.4, -0.2) is 17.6 Å². The van der Waals surface area contributed by atoms with Crippen LogP contribution in [0.15, 0.2) is 66.9 Å². The number of carbonyl (C=O) groups is 1. The van der Waals surface area contributed by atoms with Crippen LogP contribution in [0.5, 0.6) is 11.5 Å². The van der Waals surface area contributed by atoms with Crippen LogP contribution in [0.2, 0.25) is 0 Å². The number of rotatable bonds is 13. The molecule has 3 rings (SSSR count). The summed E-state index contributed by atoms with van der Waals surface area (Å²) in [6.45, 7) is 5.03. The number of hydrogen-bond acceptors (Lipinski definition) is 4. The summed E-state index contributed by atoms with van der Waals surface area (Å²) < 4.78 is 11.1. The molecule has 0 saturated heterocycles. The van der Waals surface area contributed by atoms with E-state index in [2.05, 4.69) is 18.8 Å². The summed E-state index contributed by atoms with van der Waals surface area (Å²) in [5.41, 5.74) is 3.61. The van der Waals surface area contributed by atoms with Gasteiger partial charge in [0.1, 0.15) is 11.5 Å². The zero-order valence-corrected chi connectivity index (χ0v) is 19.9. The van der Waals surface area contributed by atoms with E-state index in [0.717, 1.165) is 29.8 Å². The lowest BCUT2D eigenvalue weighted by molar-refractivity contribution is 0.0734. The van der Waals surface area contributed by atoms with Gasteiger partial charge in [0.2, 0.25) is 0 Å². The van der Waals surface area contributed by atoms with E-state index in [-0.39, 0.29) is 5.97 Å². The van der Waals surface area contributed by atoms with Crippen LogP contribution in [0.4, 0.5) is 0 Å². The highest BCUT2D eigenvalue weighted by Crippen LogP contribution is 2.23. The van der Waals surface area contributed by atoms with Gasteiger partial charge in [-0.15, -0.1) is 0 Å². The van der Waals surface area contributed by atoms with Crippen molar-refractivity contribution in [1.82, 2.24) is 4.98 Å². The maximum Gasteiger partial charge on any atom is 0.343 e. The summed E-state index contributed by atoms with van der Waals surface area (Å²) in [5, 5.41) is 0. The first-order chi connectivity index (χ1) is 16.2. The van der Waals surface area contributed by atoms with Crippen molar-refractivity contribution in [3.8, 4) is 22.8 Å². The summed E-state index contributed by atoms with van der Waals surface area (Å²) in [7, 11) is 0. The minimum Gasteiger partial charge on any atom is -0.494 e. The molecule has 0 atom stereocenters. The highest BCUT2D eigenvalue weighted by atomic mass is 16.5. The molecule has 4 heteroatoms. The van der Waals surface area contributed by atoms with E-state index in [1.807, 2.05) is 54.6 Å². The standard InChI is InChI=1S/C29H35NO3/c1-3-5-6-7-8-9-10-23-11-13-25(14-12-23)29(31)33-27-19-20-28(30-22-27)24-15-17-26(18-16-24)32-21-4-2/h11-20,22H,3-10,21H2,1-2H3. The first kappa shape index (κ1) is 24.5. The molecular formula is C29H35NO3. The maximum atomic E-state index is 12.5. The normalized spacial score (nSPS) is 10.7. The number of ether oxygens (including phenoxy) is 2. The molecule has 0 N–H and O–H groups in total. The third-order valence-corrected chi connectivity index (χ3v) is 5.58. The van der Waals surface area contributed by atoms with Gasteiger partial charge in [-0.05, 0) is 73.4 Å². The van der Waals surface area contributed by atoms with Gasteiger partial charge in [0.25, 0.3) is 0 Å². The molecule has 1 heterocycles. The van der Waals surface area contributed by atoms with Crippen molar-refractivity contribution in [2.45, 2.75) is 65.2 Å². The number of hydrogen-bond donors (Lipinski definition) is 0. The van der Waals surface area contributed by atoms with E-state index in [9.17, 15) is 4.79 Å². The second kappa shape index (κ2) is 13.4. The van der Waals surface area contributed by atoms with Crippen molar-refractivity contribution in [3.05, 3.63) is 78.0 Å². The predicted molar refractivity (Wildman–Crippen MR) is 134 cm³/mol. The zero-order valence-electron chi connectivity index (χ0n) is 19.9. The second-order valence-electron chi connectivity index (χ2n) is 8.36. The third kappa shape index (κ3) is 8.05. The highest BCUT2D eigenvalue weighted by Gasteiger charge is 2.10. The smallest absolute Gasteiger partial charge is 0.343 e. The fraction of sp³-hybridized carbons (Fsp3) is 0.379. The van der Waals surface area contributed by atoms with Gasteiger partial charge in [-0.1, -0.05) is 58.1 Å². The summed E-state index contributed by atoms with van der Waals surface area (Å²) in [6.07, 6.45) is 11.3. The minimum absolute atomic E-state index is 0.368. The minimum atomic E-state index is -0.368. The molecule has 33 heavy (non-hydrogen) atoms. The fourth-order valence-corrected chi connectivity index (χ4v) is 3.64. The molecule has 0 aliphatic carbocycles. The van der Waals surface area contributed by atoms with Gasteiger partial charge in [-0.3, -0.25) is 4.98 Å². The Balaban J connectivity index is 1.49. The Morgan fingerprint density at radius 3 is 2.12 bits per heavy atom. The lowest BCUT2D eigenvalue weighted by atomic mass is 10.0. The Bertz CT molecular complexity index is 963. The van der Waals surface area contributed by atoms with Crippen molar-refractivity contribution >= 4 is 5.97 Å². The number of aromatic nitrogens is 1. The molecule has 0 saturated carbocycles. The van der Waals surface area contributed by atoms with Crippen LogP contribution < -0.4 is 9.47 Å². The molecule has 0 spiro atoms. The molecule has 0 bridgehead atoms. The largest absolute Gasteiger partial charge is 0.494 e. The Labute approximate surface area is 198 Å². The Kier molecular flexibility index (Phi) is 9.96. The first-order valence-corrected chi connectivity index (χ1v) is 12.2. The monoisotopic (exact) mass is 445 g/mol. The highest BCUT2D eigenvalue weighted by molar-refractivity contribution is 5.91. The van der Waals surface area contributed by atoms with E-state index in [1.165, 1.54) is 44.1 Å². The molecule has 0 aliphatic rings. The molecule has 4 nitrogen and oxygen atoms in total. The van der Waals surface area contributed by atoms with Gasteiger partial charge in [0, 0.05) is 5.56 Å². The fourth-order valence-electron chi connectivity index (χ4n) is 3.64. The average Bonchev–Trinajstić information content (AvgIpc) is 2.86. The summed E-state index contributed by atoms with van der Waals surface area (Å²) in [5.74, 6) is 0.917. The molecule has 0 amide bonds. The zero-order chi connectivity index (χ0) is 23.3. The van der Waals surface area contributed by atoms with Crippen molar-refractivity contribution in [1.29, 1.82) is 0 Å². The molecule has 2 aromatic carbocycles. The first-order valence-electron chi connectivity index (χ1n) is 12.2. The number of esters is 1. The Morgan fingerprint density at radius 2 is 1.45 bits per heavy atom. The lowest BCUT2D eigenvalue weighted by Gasteiger charge is -2.08. The van der Waals surface area contributed by atoms with Crippen molar-refractivity contribution in [2.24, 2.45) is 0 Å². The van der Waals surface area contributed by atoms with E-state index in [4.69, 9.17) is 9.47 Å². The van der Waals surface area contributed by atoms with Gasteiger partial charge in [-0.25, -0.2) is 4.79 Å². The van der Waals surface area contributed by atoms with E-state index in [1.54, 1.807) is 12.3 Å². The number of carbonyl (C=O) groups excluding carboxylic acids is 1. The van der Waals surface area contributed by atoms with Gasteiger partial charge in [0.15, 0.2) is 0 Å². The molecule has 1 aromatic heterocycles. The number of pyridine rings is 1. The van der Waals surface area contributed by atoms with Crippen molar-refractivity contribution < 1.29 is 14.3 Å². The van der Waals surface area contributed by atoms with Crippen LogP contribution >= 0.6 is 0 Å². The Hall–Kier alpha value is -3.14. The van der Waals surface area contributed by atoms with Gasteiger partial charge >= 0.3 is 5.97 Å². The van der Waals surface area contributed by atoms with Gasteiger partial charge in [-0.2, -0.15) is 0 Å². The van der Waals surface area contributed by atoms with Crippen LogP contribution in [0.3, 0.4) is 0 Å². The maximum absolute atomic E-state index is 12.5. The van der Waals surface area contributed by atoms with Crippen LogP contribution in [0, 0.1) is 0 Å². The molecule has 0 radical (unpaired) electrons. The lowest BCUT2D eigenvalue weighted by Crippen LogP contribution is -2.08. The van der Waals surface area contributed by atoms with Crippen LogP contribution in [0.1, 0.15) is 74.7 Å². The molecule has 3 aromatic rings. The topological polar surface area (TPSA) is 48.4 Å². The Morgan fingerprint density at radius 1 is 0.758 bits per heavy atom. The summed E-state index contributed by atoms with van der Waals surface area (Å²) >= 11 is 0. The number of aryl methyl sites for hydroxylation is 1. The molecular weight excluding hydrogens is 410 g/mol. The summed E-state index contributed by atoms with van der Waals surface area (Å²) in [6, 6.07) is 19.2. The van der Waals surface area contributed by atoms with E-state index < -0.39 is 0 Å². The average molecular weight is 446 g/mol. The molecule has 0 aliphatic heterocycles.